The minimum atomic E-state index is 0.568. The fourth-order valence-corrected chi connectivity index (χ4v) is 3.16. The van der Waals surface area contributed by atoms with Gasteiger partial charge in [-0.2, -0.15) is 0 Å². The molecule has 0 aliphatic rings. The molecule has 115 valence electrons. The molecule has 0 N–H and O–H groups in total. The summed E-state index contributed by atoms with van der Waals surface area (Å²) in [5.74, 6) is 0. The highest BCUT2D eigenvalue weighted by Gasteiger charge is 2.19. The third-order valence-electron chi connectivity index (χ3n) is 3.96. The monoisotopic (exact) mass is 327 g/mol. The van der Waals surface area contributed by atoms with Crippen molar-refractivity contribution in [1.82, 2.24) is 9.55 Å². The van der Waals surface area contributed by atoms with Crippen LogP contribution in [0.5, 0.6) is 0 Å². The van der Waals surface area contributed by atoms with E-state index in [9.17, 15) is 0 Å². The van der Waals surface area contributed by atoms with E-state index in [1.807, 2.05) is 59.2 Å². The zero-order valence-corrected chi connectivity index (χ0v) is 13.8. The first-order chi connectivity index (χ1) is 11.8. The molecule has 1 radical (unpaired) electrons. The van der Waals surface area contributed by atoms with Crippen LogP contribution in [0, 0.1) is 0 Å². The van der Waals surface area contributed by atoms with Gasteiger partial charge >= 0.3 is 0 Å². The van der Waals surface area contributed by atoms with Gasteiger partial charge < -0.3 is 0 Å². The molecule has 0 spiro atoms. The minimum absolute atomic E-state index is 0.568. The number of nitrogens with zero attached hydrogens (tertiary/aromatic N) is 2. The van der Waals surface area contributed by atoms with Gasteiger partial charge in [0, 0.05) is 16.8 Å². The second kappa shape index (κ2) is 6.30. The fraction of sp³-hybridized carbons (Fsp3) is 0. The largest absolute Gasteiger partial charge is 0.283 e. The number of aromatic nitrogens is 2. The molecule has 0 atom stereocenters. The average Bonchev–Trinajstić information content (AvgIpc) is 3.01. The Morgan fingerprint density at radius 2 is 1.12 bits per heavy atom. The van der Waals surface area contributed by atoms with E-state index in [1.54, 1.807) is 0 Å². The molecule has 3 aromatic carbocycles. The molecule has 0 aliphatic carbocycles. The lowest BCUT2D eigenvalue weighted by molar-refractivity contribution is 0.907. The van der Waals surface area contributed by atoms with Gasteiger partial charge in [-0.25, -0.2) is 4.98 Å². The Balaban J connectivity index is 2.03. The lowest BCUT2D eigenvalue weighted by atomic mass is 10.0. The van der Waals surface area contributed by atoms with Crippen molar-refractivity contribution >= 4 is 12.6 Å². The van der Waals surface area contributed by atoms with Crippen LogP contribution >= 0.6 is 12.6 Å². The van der Waals surface area contributed by atoms with Gasteiger partial charge in [-0.1, -0.05) is 78.9 Å². The first kappa shape index (κ1) is 14.7. The molecule has 0 fully saturated rings. The van der Waals surface area contributed by atoms with Crippen LogP contribution in [-0.4, -0.2) is 9.55 Å². The molecule has 24 heavy (non-hydrogen) atoms. The topological polar surface area (TPSA) is 17.8 Å². The fourth-order valence-electron chi connectivity index (χ4n) is 2.88. The molecule has 0 amide bonds. The van der Waals surface area contributed by atoms with Gasteiger partial charge in [0.05, 0.1) is 11.4 Å². The maximum atomic E-state index is 5.59. The molecule has 2 nitrogen and oxygen atoms in total. The highest BCUT2D eigenvalue weighted by molar-refractivity contribution is 7.80. The molecule has 0 saturated heterocycles. The van der Waals surface area contributed by atoms with Crippen LogP contribution in [0.15, 0.2) is 96.2 Å². The maximum absolute atomic E-state index is 5.59. The zero-order valence-electron chi connectivity index (χ0n) is 13.0. The molecule has 0 aliphatic heterocycles. The molecule has 0 bridgehead atoms. The average molecular weight is 327 g/mol. The molecule has 1 heterocycles. The standard InChI is InChI=1S/C21H15N2S/c24-21-22-19(16-10-4-1-5-11-16)20(17-12-6-2-7-13-17)23(21)18-14-8-3-9-15-18/h1-15H. The summed E-state index contributed by atoms with van der Waals surface area (Å²) in [4.78, 5) is 4.71. The molecule has 4 aromatic rings. The van der Waals surface area contributed by atoms with Crippen molar-refractivity contribution in [2.75, 3.05) is 0 Å². The third kappa shape index (κ3) is 2.59. The summed E-state index contributed by atoms with van der Waals surface area (Å²) in [6, 6.07) is 30.6. The Kier molecular flexibility index (Phi) is 3.85. The first-order valence-corrected chi connectivity index (χ1v) is 8.21. The van der Waals surface area contributed by atoms with Gasteiger partial charge in [0.2, 0.25) is 5.16 Å². The summed E-state index contributed by atoms with van der Waals surface area (Å²) in [5.41, 5.74) is 5.13. The predicted octanol–water partition coefficient (Wildman–Crippen LogP) is 5.76. The van der Waals surface area contributed by atoms with E-state index in [1.165, 1.54) is 0 Å². The Morgan fingerprint density at radius 3 is 1.71 bits per heavy atom. The molecular weight excluding hydrogens is 312 g/mol. The summed E-state index contributed by atoms with van der Waals surface area (Å²) >= 11 is 5.59. The van der Waals surface area contributed by atoms with Gasteiger partial charge in [0.1, 0.15) is 0 Å². The van der Waals surface area contributed by atoms with E-state index < -0.39 is 0 Å². The molecule has 0 saturated carbocycles. The summed E-state index contributed by atoms with van der Waals surface area (Å²) in [5, 5.41) is 0.568. The first-order valence-electron chi connectivity index (χ1n) is 7.80. The summed E-state index contributed by atoms with van der Waals surface area (Å²) in [6.07, 6.45) is 0. The highest BCUT2D eigenvalue weighted by Crippen LogP contribution is 2.35. The predicted molar refractivity (Wildman–Crippen MR) is 100 cm³/mol. The quantitative estimate of drug-likeness (QED) is 0.467. The van der Waals surface area contributed by atoms with Crippen LogP contribution in [-0.2, 0) is 0 Å². The SMILES string of the molecule is [S]c1nc(-c2ccccc2)c(-c2ccccc2)n1-c1ccccc1. The molecule has 4 rings (SSSR count). The maximum Gasteiger partial charge on any atom is 0.205 e. The second-order valence-corrected chi connectivity index (χ2v) is 5.86. The van der Waals surface area contributed by atoms with E-state index in [0.29, 0.717) is 5.16 Å². The van der Waals surface area contributed by atoms with Crippen molar-refractivity contribution in [3.8, 4) is 28.2 Å². The van der Waals surface area contributed by atoms with Crippen molar-refractivity contribution in [2.24, 2.45) is 0 Å². The number of hydrogen-bond acceptors (Lipinski definition) is 1. The number of para-hydroxylation sites is 1. The van der Waals surface area contributed by atoms with Crippen molar-refractivity contribution in [3.05, 3.63) is 91.0 Å². The third-order valence-corrected chi connectivity index (χ3v) is 4.23. The summed E-state index contributed by atoms with van der Waals surface area (Å²) < 4.78 is 2.05. The van der Waals surface area contributed by atoms with Crippen molar-refractivity contribution in [1.29, 1.82) is 0 Å². The number of benzene rings is 3. The summed E-state index contributed by atoms with van der Waals surface area (Å²) in [7, 11) is 0. The molecule has 0 unspecified atom stereocenters. The van der Waals surface area contributed by atoms with Crippen LogP contribution < -0.4 is 0 Å². The summed E-state index contributed by atoms with van der Waals surface area (Å²) in [6.45, 7) is 0. The number of imidazole rings is 1. The van der Waals surface area contributed by atoms with E-state index in [2.05, 4.69) is 36.4 Å². The lowest BCUT2D eigenvalue weighted by Gasteiger charge is -2.11. The highest BCUT2D eigenvalue weighted by atomic mass is 32.1. The van der Waals surface area contributed by atoms with Gasteiger partial charge in [-0.15, -0.1) is 0 Å². The van der Waals surface area contributed by atoms with Crippen LogP contribution in [0.3, 0.4) is 0 Å². The van der Waals surface area contributed by atoms with Crippen molar-refractivity contribution in [2.45, 2.75) is 5.16 Å². The van der Waals surface area contributed by atoms with Gasteiger partial charge in [0.15, 0.2) is 0 Å². The normalized spacial score (nSPS) is 10.7. The van der Waals surface area contributed by atoms with Crippen LogP contribution in [0.1, 0.15) is 0 Å². The zero-order chi connectivity index (χ0) is 16.4. The van der Waals surface area contributed by atoms with Crippen LogP contribution in [0.2, 0.25) is 0 Å². The Hall–Kier alpha value is -2.91. The number of hydrogen-bond donors (Lipinski definition) is 0. The van der Waals surface area contributed by atoms with E-state index in [-0.39, 0.29) is 0 Å². The van der Waals surface area contributed by atoms with Crippen molar-refractivity contribution in [3.63, 3.8) is 0 Å². The Bertz CT molecular complexity index is 945. The van der Waals surface area contributed by atoms with Gasteiger partial charge in [0.25, 0.3) is 0 Å². The van der Waals surface area contributed by atoms with E-state index in [0.717, 1.165) is 28.2 Å². The lowest BCUT2D eigenvalue weighted by Crippen LogP contribution is -1.97. The van der Waals surface area contributed by atoms with Crippen LogP contribution in [0.4, 0.5) is 0 Å². The second-order valence-electron chi connectivity index (χ2n) is 5.49. The molecule has 3 heteroatoms. The Labute approximate surface area is 146 Å². The minimum Gasteiger partial charge on any atom is -0.283 e. The van der Waals surface area contributed by atoms with Gasteiger partial charge in [-0.3, -0.25) is 4.57 Å². The van der Waals surface area contributed by atoms with Gasteiger partial charge in [-0.05, 0) is 24.8 Å². The molecule has 1 aromatic heterocycles. The molecular formula is C21H15N2S. The van der Waals surface area contributed by atoms with E-state index >= 15 is 0 Å². The Morgan fingerprint density at radius 1 is 0.625 bits per heavy atom. The van der Waals surface area contributed by atoms with Crippen LogP contribution in [0.25, 0.3) is 28.2 Å². The number of rotatable bonds is 3. The smallest absolute Gasteiger partial charge is 0.205 e. The van der Waals surface area contributed by atoms with E-state index in [4.69, 9.17) is 17.6 Å². The van der Waals surface area contributed by atoms with Crippen molar-refractivity contribution < 1.29 is 0 Å².